The molecule has 0 radical (unpaired) electrons. The highest BCUT2D eigenvalue weighted by Crippen LogP contribution is 2.32. The first-order chi connectivity index (χ1) is 14.4. The third-order valence-corrected chi connectivity index (χ3v) is 5.25. The predicted octanol–water partition coefficient (Wildman–Crippen LogP) is 3.79. The zero-order valence-corrected chi connectivity index (χ0v) is 16.6. The number of aliphatic hydroxyl groups is 1. The number of aliphatic hydroxyl groups excluding tert-OH is 1. The summed E-state index contributed by atoms with van der Waals surface area (Å²) in [4.78, 5) is 19.0. The van der Waals surface area contributed by atoms with Gasteiger partial charge in [-0.3, -0.25) is 4.79 Å². The van der Waals surface area contributed by atoms with Crippen molar-refractivity contribution in [3.63, 3.8) is 0 Å². The van der Waals surface area contributed by atoms with Crippen LogP contribution in [-0.4, -0.2) is 41.7 Å². The first-order valence-electron chi connectivity index (χ1n) is 9.42. The molecule has 4 rings (SSSR count). The van der Waals surface area contributed by atoms with Gasteiger partial charge in [0, 0.05) is 30.2 Å². The lowest BCUT2D eigenvalue weighted by Gasteiger charge is -2.18. The quantitative estimate of drug-likeness (QED) is 0.572. The number of nitrogens with one attached hydrogen (secondary N) is 2. The summed E-state index contributed by atoms with van der Waals surface area (Å²) in [6.07, 6.45) is 0.344. The van der Waals surface area contributed by atoms with Gasteiger partial charge in [-0.15, -0.1) is 0 Å². The van der Waals surface area contributed by atoms with Crippen molar-refractivity contribution in [1.29, 1.82) is 0 Å². The molecule has 1 aliphatic rings. The molecule has 1 amide bonds. The molecule has 0 bridgehead atoms. The van der Waals surface area contributed by atoms with Crippen molar-refractivity contribution in [2.75, 3.05) is 35.2 Å². The van der Waals surface area contributed by atoms with Crippen LogP contribution >= 0.6 is 11.6 Å². The molecule has 3 aromatic rings. The van der Waals surface area contributed by atoms with Gasteiger partial charge in [0.25, 0.3) is 0 Å². The predicted molar refractivity (Wildman–Crippen MR) is 113 cm³/mol. The molecule has 9 heteroatoms. The first-order valence-corrected chi connectivity index (χ1v) is 9.79. The number of hydrogen-bond donors (Lipinski definition) is 3. The number of nitrogens with zero attached hydrogens (tertiary/aromatic N) is 2. The molecule has 1 aliphatic heterocycles. The fraction of sp³-hybridized carbons (Fsp3) is 0.238. The SMILES string of the molecule is O=C(CNc1ccc(F)c(F)c1)Nc1c(Cl)ccc2nc(N3CCC(O)C3)ccc12. The number of rotatable bonds is 5. The van der Waals surface area contributed by atoms with E-state index in [0.29, 0.717) is 34.6 Å². The Kier molecular flexibility index (Phi) is 5.69. The molecule has 1 unspecified atom stereocenters. The van der Waals surface area contributed by atoms with Crippen molar-refractivity contribution in [1.82, 2.24) is 4.98 Å². The maximum Gasteiger partial charge on any atom is 0.243 e. The van der Waals surface area contributed by atoms with E-state index in [2.05, 4.69) is 15.6 Å². The van der Waals surface area contributed by atoms with Crippen LogP contribution in [0, 0.1) is 11.6 Å². The van der Waals surface area contributed by atoms with Crippen molar-refractivity contribution in [2.45, 2.75) is 12.5 Å². The number of carbonyl (C=O) groups excluding carboxylic acids is 1. The Morgan fingerprint density at radius 1 is 1.20 bits per heavy atom. The van der Waals surface area contributed by atoms with Crippen LogP contribution in [0.3, 0.4) is 0 Å². The molecular formula is C21H19ClF2N4O2. The van der Waals surface area contributed by atoms with Gasteiger partial charge in [-0.1, -0.05) is 11.6 Å². The highest BCUT2D eigenvalue weighted by atomic mass is 35.5. The fourth-order valence-electron chi connectivity index (χ4n) is 3.39. The van der Waals surface area contributed by atoms with Crippen molar-refractivity contribution in [2.24, 2.45) is 0 Å². The van der Waals surface area contributed by atoms with E-state index in [-0.39, 0.29) is 18.3 Å². The monoisotopic (exact) mass is 432 g/mol. The number of pyridine rings is 1. The molecule has 1 atom stereocenters. The molecule has 0 spiro atoms. The van der Waals surface area contributed by atoms with E-state index in [4.69, 9.17) is 11.6 Å². The van der Waals surface area contributed by atoms with Gasteiger partial charge in [0.2, 0.25) is 5.91 Å². The number of amides is 1. The second-order valence-electron chi connectivity index (χ2n) is 7.08. The van der Waals surface area contributed by atoms with Gasteiger partial charge >= 0.3 is 0 Å². The summed E-state index contributed by atoms with van der Waals surface area (Å²) < 4.78 is 26.3. The third-order valence-electron chi connectivity index (χ3n) is 4.93. The van der Waals surface area contributed by atoms with Crippen LogP contribution in [-0.2, 0) is 4.79 Å². The lowest BCUT2D eigenvalue weighted by molar-refractivity contribution is -0.114. The van der Waals surface area contributed by atoms with Gasteiger partial charge in [0.1, 0.15) is 5.82 Å². The molecule has 1 aromatic heterocycles. The molecule has 30 heavy (non-hydrogen) atoms. The Hall–Kier alpha value is -2.97. The lowest BCUT2D eigenvalue weighted by Crippen LogP contribution is -2.23. The lowest BCUT2D eigenvalue weighted by atomic mass is 10.1. The highest BCUT2D eigenvalue weighted by molar-refractivity contribution is 6.35. The van der Waals surface area contributed by atoms with Crippen molar-refractivity contribution in [3.05, 3.63) is 59.1 Å². The largest absolute Gasteiger partial charge is 0.391 e. The molecule has 1 fully saturated rings. The molecule has 6 nitrogen and oxygen atoms in total. The molecular weight excluding hydrogens is 414 g/mol. The highest BCUT2D eigenvalue weighted by Gasteiger charge is 2.22. The van der Waals surface area contributed by atoms with E-state index in [1.54, 1.807) is 12.1 Å². The number of hydrogen-bond acceptors (Lipinski definition) is 5. The Morgan fingerprint density at radius 3 is 2.77 bits per heavy atom. The van der Waals surface area contributed by atoms with E-state index in [1.807, 2.05) is 17.0 Å². The normalized spacial score (nSPS) is 16.1. The number of fused-ring (bicyclic) bond motifs is 1. The van der Waals surface area contributed by atoms with Crippen LogP contribution in [0.1, 0.15) is 6.42 Å². The van der Waals surface area contributed by atoms with Crippen LogP contribution in [0.5, 0.6) is 0 Å². The van der Waals surface area contributed by atoms with Gasteiger partial charge < -0.3 is 20.6 Å². The topological polar surface area (TPSA) is 77.5 Å². The minimum absolute atomic E-state index is 0.158. The number of anilines is 3. The Morgan fingerprint density at radius 2 is 2.03 bits per heavy atom. The number of β-amino-alcohol motifs (C(OH)–C–C–N with tert-alkyl or cyclic N) is 1. The van der Waals surface area contributed by atoms with Gasteiger partial charge in [-0.05, 0) is 42.8 Å². The minimum atomic E-state index is -0.995. The zero-order chi connectivity index (χ0) is 21.3. The van der Waals surface area contributed by atoms with Gasteiger partial charge in [-0.25, -0.2) is 13.8 Å². The third kappa shape index (κ3) is 4.29. The minimum Gasteiger partial charge on any atom is -0.391 e. The van der Waals surface area contributed by atoms with E-state index < -0.39 is 17.5 Å². The maximum atomic E-state index is 13.3. The Labute approximate surface area is 176 Å². The fourth-order valence-corrected chi connectivity index (χ4v) is 3.60. The van der Waals surface area contributed by atoms with Gasteiger partial charge in [0.15, 0.2) is 11.6 Å². The van der Waals surface area contributed by atoms with E-state index >= 15 is 0 Å². The van der Waals surface area contributed by atoms with Crippen LogP contribution in [0.2, 0.25) is 5.02 Å². The Balaban J connectivity index is 1.50. The van der Waals surface area contributed by atoms with E-state index in [1.165, 1.54) is 6.07 Å². The summed E-state index contributed by atoms with van der Waals surface area (Å²) in [6.45, 7) is 1.10. The van der Waals surface area contributed by atoms with E-state index in [9.17, 15) is 18.7 Å². The summed E-state index contributed by atoms with van der Waals surface area (Å²) >= 11 is 6.29. The average Bonchev–Trinajstić information content (AvgIpc) is 3.17. The Bertz CT molecular complexity index is 1110. The smallest absolute Gasteiger partial charge is 0.243 e. The molecule has 2 aromatic carbocycles. The van der Waals surface area contributed by atoms with E-state index in [0.717, 1.165) is 24.5 Å². The average molecular weight is 433 g/mol. The summed E-state index contributed by atoms with van der Waals surface area (Å²) in [5.74, 6) is -1.60. The van der Waals surface area contributed by atoms with Gasteiger partial charge in [0.05, 0.1) is 28.9 Å². The van der Waals surface area contributed by atoms with Crippen LogP contribution in [0.25, 0.3) is 10.9 Å². The van der Waals surface area contributed by atoms with Gasteiger partial charge in [-0.2, -0.15) is 0 Å². The van der Waals surface area contributed by atoms with Crippen molar-refractivity contribution >= 4 is 45.6 Å². The summed E-state index contributed by atoms with van der Waals surface area (Å²) in [6, 6.07) is 10.4. The molecule has 2 heterocycles. The summed E-state index contributed by atoms with van der Waals surface area (Å²) in [5.41, 5.74) is 1.36. The number of carbonyl (C=O) groups is 1. The first kappa shape index (κ1) is 20.3. The maximum absolute atomic E-state index is 13.3. The second-order valence-corrected chi connectivity index (χ2v) is 7.48. The van der Waals surface area contributed by atoms with Crippen LogP contribution in [0.15, 0.2) is 42.5 Å². The standard InChI is InChI=1S/C21H19ClF2N4O2/c22-15-3-5-18-14(2-6-19(26-18)28-8-7-13(29)11-28)21(15)27-20(30)10-25-12-1-4-16(23)17(24)9-12/h1-6,9,13,25,29H,7-8,10-11H2,(H,27,30). The zero-order valence-electron chi connectivity index (χ0n) is 15.8. The van der Waals surface area contributed by atoms with Crippen molar-refractivity contribution < 1.29 is 18.7 Å². The molecule has 0 saturated carbocycles. The molecule has 1 saturated heterocycles. The molecule has 0 aliphatic carbocycles. The molecule has 3 N–H and O–H groups in total. The number of halogens is 3. The number of benzene rings is 2. The summed E-state index contributed by atoms with van der Waals surface area (Å²) in [5, 5.41) is 16.3. The summed E-state index contributed by atoms with van der Waals surface area (Å²) in [7, 11) is 0. The molecule has 156 valence electrons. The van der Waals surface area contributed by atoms with Crippen molar-refractivity contribution in [3.8, 4) is 0 Å². The second kappa shape index (κ2) is 8.41. The van der Waals surface area contributed by atoms with Crippen LogP contribution < -0.4 is 15.5 Å². The van der Waals surface area contributed by atoms with Crippen LogP contribution in [0.4, 0.5) is 26.0 Å². The number of aromatic nitrogens is 1.